The zero-order chi connectivity index (χ0) is 22.6. The van der Waals surface area contributed by atoms with Crippen LogP contribution in [0.3, 0.4) is 0 Å². The van der Waals surface area contributed by atoms with E-state index in [-0.39, 0.29) is 48.8 Å². The van der Waals surface area contributed by atoms with Crippen molar-refractivity contribution < 1.29 is 14.6 Å². The predicted molar refractivity (Wildman–Crippen MR) is 126 cm³/mol. The number of hydrogen-bond acceptors (Lipinski definition) is 5. The van der Waals surface area contributed by atoms with Crippen molar-refractivity contribution in [3.63, 3.8) is 0 Å². The first-order valence-electron chi connectivity index (χ1n) is 9.14. The number of nitrogens with zero attached hydrogens (tertiary/aromatic N) is 2. The summed E-state index contributed by atoms with van der Waals surface area (Å²) in [7, 11) is 0. The van der Waals surface area contributed by atoms with Gasteiger partial charge in [-0.05, 0) is 24.3 Å². The molecule has 0 saturated carbocycles. The van der Waals surface area contributed by atoms with Crippen molar-refractivity contribution in [3.05, 3.63) is 68.8 Å². The number of phenolic OH excluding ortho intramolecular Hbond substituents is 2. The molecule has 0 radical (unpaired) electrons. The maximum absolute atomic E-state index is 10.2. The molecular weight excluding hydrogens is 496 g/mol. The van der Waals surface area contributed by atoms with E-state index in [2.05, 4.69) is 15.0 Å². The van der Waals surface area contributed by atoms with E-state index in [4.69, 9.17) is 50.8 Å². The second-order valence-electron chi connectivity index (χ2n) is 6.84. The van der Waals surface area contributed by atoms with Gasteiger partial charge in [-0.1, -0.05) is 58.5 Å². The molecule has 0 aliphatic carbocycles. The number of fused-ring (bicyclic) bond motifs is 1. The van der Waals surface area contributed by atoms with Gasteiger partial charge in [0.05, 0.1) is 54.0 Å². The molecule has 0 amide bonds. The maximum atomic E-state index is 10.2. The highest BCUT2D eigenvalue weighted by molar-refractivity contribution is 6.54. The van der Waals surface area contributed by atoms with E-state index in [0.29, 0.717) is 17.0 Å². The van der Waals surface area contributed by atoms with Crippen molar-refractivity contribution in [2.45, 2.75) is 0 Å². The number of nitrogens with one attached hydrogen (secondary N) is 1. The van der Waals surface area contributed by atoms with Gasteiger partial charge < -0.3 is 19.6 Å². The minimum Gasteiger partial charge on any atom is -0.508 e. The fraction of sp³-hybridized carbons (Fsp3) is 0. The number of imidazole rings is 1. The molecule has 32 heavy (non-hydrogen) atoms. The summed E-state index contributed by atoms with van der Waals surface area (Å²) in [5.41, 5.74) is 2.52. The fourth-order valence-electron chi connectivity index (χ4n) is 3.37. The van der Waals surface area contributed by atoms with Crippen LogP contribution in [0.1, 0.15) is 0 Å². The Balaban J connectivity index is 1.75. The third-order valence-corrected chi connectivity index (χ3v) is 6.66. The molecule has 0 atom stereocenters. The van der Waals surface area contributed by atoms with Crippen LogP contribution in [0.4, 0.5) is 0 Å². The van der Waals surface area contributed by atoms with Crippen molar-refractivity contribution in [2.75, 3.05) is 0 Å². The summed E-state index contributed by atoms with van der Waals surface area (Å²) in [6.45, 7) is 0. The smallest absolute Gasteiger partial charge is 0.230 e. The molecule has 0 fully saturated rings. The Labute approximate surface area is 201 Å². The first-order valence-corrected chi connectivity index (χ1v) is 10.7. The monoisotopic (exact) mass is 505 g/mol. The molecule has 0 aliphatic heterocycles. The molecule has 3 N–H and O–H groups in total. The summed E-state index contributed by atoms with van der Waals surface area (Å²) >= 11 is 25.8. The Hall–Kier alpha value is -2.90. The number of aromatic amines is 1. The number of halogens is 4. The Morgan fingerprint density at radius 1 is 0.844 bits per heavy atom. The SMILES string of the molecule is Oc1ccc(-c2ncc(-c3c(Cl)c(Cl)c(Cl)c(Cl)c3-c3nc4ccccc4[nH]3)o2)c(O)c1. The topological polar surface area (TPSA) is 95.2 Å². The predicted octanol–water partition coefficient (Wildman–Crippen LogP) is 7.58. The fourth-order valence-corrected chi connectivity index (χ4v) is 4.41. The van der Waals surface area contributed by atoms with Crippen LogP contribution in [0, 0.1) is 0 Å². The lowest BCUT2D eigenvalue weighted by Gasteiger charge is -2.13. The average Bonchev–Trinajstić information content (AvgIpc) is 3.41. The highest BCUT2D eigenvalue weighted by Gasteiger charge is 2.27. The molecule has 0 unspecified atom stereocenters. The standard InChI is InChI=1S/C22H11Cl4N3O3/c23-17-15(14-8-27-22(32-14)10-6-5-9(30)7-13(10)31)16(18(24)20(26)19(17)25)21-28-11-3-1-2-4-12(11)29-21/h1-8,30-31H,(H,28,29). The molecule has 6 nitrogen and oxygen atoms in total. The number of rotatable bonds is 3. The molecular formula is C22H11Cl4N3O3. The van der Waals surface area contributed by atoms with Crippen LogP contribution in [0.15, 0.2) is 53.1 Å². The number of hydrogen-bond donors (Lipinski definition) is 3. The Morgan fingerprint density at radius 3 is 2.28 bits per heavy atom. The number of H-pyrrole nitrogens is 1. The van der Waals surface area contributed by atoms with Crippen LogP contribution in [-0.4, -0.2) is 25.2 Å². The van der Waals surface area contributed by atoms with Crippen LogP contribution < -0.4 is 0 Å². The quantitative estimate of drug-likeness (QED) is 0.173. The summed E-state index contributed by atoms with van der Waals surface area (Å²) in [5.74, 6) is 0.454. The van der Waals surface area contributed by atoms with Crippen molar-refractivity contribution in [1.82, 2.24) is 15.0 Å². The van der Waals surface area contributed by atoms with Gasteiger partial charge in [0, 0.05) is 6.07 Å². The van der Waals surface area contributed by atoms with Crippen LogP contribution >= 0.6 is 46.4 Å². The second kappa shape index (κ2) is 7.90. The van der Waals surface area contributed by atoms with Crippen molar-refractivity contribution in [2.24, 2.45) is 0 Å². The Morgan fingerprint density at radius 2 is 1.56 bits per heavy atom. The third-order valence-electron chi connectivity index (χ3n) is 4.86. The molecule has 160 valence electrons. The lowest BCUT2D eigenvalue weighted by Crippen LogP contribution is -1.92. The third kappa shape index (κ3) is 3.36. The van der Waals surface area contributed by atoms with Crippen molar-refractivity contribution in [1.29, 1.82) is 0 Å². The van der Waals surface area contributed by atoms with Gasteiger partial charge in [0.25, 0.3) is 0 Å². The number of benzene rings is 3. The number of aromatic hydroxyl groups is 2. The summed E-state index contributed by atoms with van der Waals surface area (Å²) in [5, 5.41) is 20.1. The zero-order valence-electron chi connectivity index (χ0n) is 15.8. The largest absolute Gasteiger partial charge is 0.508 e. The van der Waals surface area contributed by atoms with Crippen molar-refractivity contribution >= 4 is 57.4 Å². The molecule has 2 heterocycles. The highest BCUT2D eigenvalue weighted by atomic mass is 35.5. The molecule has 10 heteroatoms. The first-order chi connectivity index (χ1) is 15.3. The Kier molecular flexibility index (Phi) is 5.18. The van der Waals surface area contributed by atoms with Crippen LogP contribution in [0.5, 0.6) is 11.5 Å². The molecule has 0 bridgehead atoms. The minimum atomic E-state index is -0.200. The number of phenols is 2. The van der Waals surface area contributed by atoms with Gasteiger partial charge in [-0.3, -0.25) is 0 Å². The normalized spacial score (nSPS) is 11.4. The van der Waals surface area contributed by atoms with Gasteiger partial charge in [-0.15, -0.1) is 0 Å². The van der Waals surface area contributed by atoms with E-state index in [1.807, 2.05) is 24.3 Å². The summed E-state index contributed by atoms with van der Waals surface area (Å²) in [6.07, 6.45) is 1.43. The molecule has 2 aromatic heterocycles. The molecule has 0 spiro atoms. The van der Waals surface area contributed by atoms with Gasteiger partial charge >= 0.3 is 0 Å². The van der Waals surface area contributed by atoms with Crippen molar-refractivity contribution in [3.8, 4) is 45.7 Å². The van der Waals surface area contributed by atoms with E-state index in [1.54, 1.807) is 0 Å². The first kappa shape index (κ1) is 21.0. The average molecular weight is 507 g/mol. The summed E-state index contributed by atoms with van der Waals surface area (Å²) in [4.78, 5) is 12.0. The van der Waals surface area contributed by atoms with Gasteiger partial charge in [-0.25, -0.2) is 9.97 Å². The maximum Gasteiger partial charge on any atom is 0.230 e. The van der Waals surface area contributed by atoms with E-state index in [9.17, 15) is 10.2 Å². The number of oxazole rings is 1. The number of para-hydroxylation sites is 2. The Bertz CT molecular complexity index is 1480. The van der Waals surface area contributed by atoms with E-state index < -0.39 is 0 Å². The van der Waals surface area contributed by atoms with E-state index >= 15 is 0 Å². The van der Waals surface area contributed by atoms with E-state index in [1.165, 1.54) is 24.4 Å². The van der Waals surface area contributed by atoms with Gasteiger partial charge in [-0.2, -0.15) is 0 Å². The summed E-state index contributed by atoms with van der Waals surface area (Å²) < 4.78 is 5.90. The van der Waals surface area contributed by atoms with Gasteiger partial charge in [0.15, 0.2) is 5.76 Å². The van der Waals surface area contributed by atoms with Crippen LogP contribution in [0.2, 0.25) is 20.1 Å². The van der Waals surface area contributed by atoms with Crippen LogP contribution in [0.25, 0.3) is 45.2 Å². The van der Waals surface area contributed by atoms with E-state index in [0.717, 1.165) is 11.0 Å². The molecule has 0 saturated heterocycles. The summed E-state index contributed by atoms with van der Waals surface area (Å²) in [6, 6.07) is 11.5. The second-order valence-corrected chi connectivity index (χ2v) is 8.35. The minimum absolute atomic E-state index is 0.0543. The molecule has 3 aromatic carbocycles. The lowest BCUT2D eigenvalue weighted by molar-refractivity contribution is 0.450. The van der Waals surface area contributed by atoms with Gasteiger partial charge in [0.2, 0.25) is 5.89 Å². The lowest BCUT2D eigenvalue weighted by atomic mass is 10.0. The van der Waals surface area contributed by atoms with Crippen LogP contribution in [-0.2, 0) is 0 Å². The zero-order valence-corrected chi connectivity index (χ0v) is 18.9. The highest BCUT2D eigenvalue weighted by Crippen LogP contribution is 2.50. The molecule has 5 rings (SSSR count). The number of aromatic nitrogens is 3. The molecule has 5 aromatic rings. The molecule has 0 aliphatic rings. The van der Waals surface area contributed by atoms with Gasteiger partial charge in [0.1, 0.15) is 17.3 Å².